The van der Waals surface area contributed by atoms with Gasteiger partial charge < -0.3 is 10.2 Å². The molecule has 0 amide bonds. The fourth-order valence-corrected chi connectivity index (χ4v) is 1.75. The van der Waals surface area contributed by atoms with Crippen LogP contribution in [0.15, 0.2) is 24.5 Å². The van der Waals surface area contributed by atoms with Gasteiger partial charge in [-0.05, 0) is 37.7 Å². The Balaban J connectivity index is 2.28. The molecule has 0 spiro atoms. The molecule has 1 unspecified atom stereocenters. The number of nitrogens with one attached hydrogen (secondary N) is 1. The third-order valence-corrected chi connectivity index (χ3v) is 2.98. The van der Waals surface area contributed by atoms with Crippen LogP contribution in [-0.4, -0.2) is 36.1 Å². The molecule has 1 heterocycles. The zero-order valence-electron chi connectivity index (χ0n) is 10.6. The first-order chi connectivity index (χ1) is 7.77. The summed E-state index contributed by atoms with van der Waals surface area (Å²) in [7, 11) is 0. The average molecular weight is 221 g/mol. The number of rotatable bonds is 7. The molecule has 0 saturated heterocycles. The minimum atomic E-state index is 0.401. The fourth-order valence-electron chi connectivity index (χ4n) is 1.75. The van der Waals surface area contributed by atoms with Crippen molar-refractivity contribution in [2.45, 2.75) is 26.8 Å². The van der Waals surface area contributed by atoms with Crippen LogP contribution in [0.25, 0.3) is 0 Å². The first kappa shape index (κ1) is 13.1. The van der Waals surface area contributed by atoms with Crippen LogP contribution in [-0.2, 0) is 0 Å². The highest BCUT2D eigenvalue weighted by molar-refractivity contribution is 5.13. The van der Waals surface area contributed by atoms with E-state index in [9.17, 15) is 0 Å². The molecule has 3 heteroatoms. The van der Waals surface area contributed by atoms with E-state index < -0.39 is 0 Å². The van der Waals surface area contributed by atoms with Crippen molar-refractivity contribution in [3.8, 4) is 0 Å². The van der Waals surface area contributed by atoms with Gasteiger partial charge >= 0.3 is 0 Å². The molecule has 0 saturated carbocycles. The second kappa shape index (κ2) is 7.36. The monoisotopic (exact) mass is 221 g/mol. The second-order valence-electron chi connectivity index (χ2n) is 3.98. The van der Waals surface area contributed by atoms with Gasteiger partial charge in [-0.2, -0.15) is 0 Å². The molecule has 0 bridgehead atoms. The van der Waals surface area contributed by atoms with Gasteiger partial charge in [-0.15, -0.1) is 0 Å². The van der Waals surface area contributed by atoms with Crippen LogP contribution in [0.2, 0.25) is 0 Å². The quantitative estimate of drug-likeness (QED) is 0.764. The molecule has 0 aliphatic carbocycles. The molecule has 3 nitrogen and oxygen atoms in total. The summed E-state index contributed by atoms with van der Waals surface area (Å²) in [5.74, 6) is 0. The van der Waals surface area contributed by atoms with Gasteiger partial charge in [-0.25, -0.2) is 0 Å². The molecule has 1 N–H and O–H groups in total. The van der Waals surface area contributed by atoms with E-state index in [1.807, 2.05) is 12.4 Å². The lowest BCUT2D eigenvalue weighted by Gasteiger charge is -2.20. The smallest absolute Gasteiger partial charge is 0.0293 e. The summed E-state index contributed by atoms with van der Waals surface area (Å²) in [5, 5.41) is 3.53. The second-order valence-corrected chi connectivity index (χ2v) is 3.98. The van der Waals surface area contributed by atoms with E-state index in [0.717, 1.165) is 26.2 Å². The van der Waals surface area contributed by atoms with Crippen molar-refractivity contribution in [2.24, 2.45) is 0 Å². The highest BCUT2D eigenvalue weighted by atomic mass is 15.1. The predicted octanol–water partition coefficient (Wildman–Crippen LogP) is 2.07. The van der Waals surface area contributed by atoms with Gasteiger partial charge in [0.15, 0.2) is 0 Å². The van der Waals surface area contributed by atoms with E-state index in [-0.39, 0.29) is 0 Å². The molecule has 1 atom stereocenters. The first-order valence-corrected chi connectivity index (χ1v) is 6.13. The topological polar surface area (TPSA) is 28.2 Å². The Morgan fingerprint density at radius 1 is 1.25 bits per heavy atom. The maximum Gasteiger partial charge on any atom is 0.0293 e. The van der Waals surface area contributed by atoms with Crippen molar-refractivity contribution in [3.05, 3.63) is 30.1 Å². The Hall–Kier alpha value is -0.930. The van der Waals surface area contributed by atoms with Crippen LogP contribution in [0.4, 0.5) is 0 Å². The van der Waals surface area contributed by atoms with Crippen LogP contribution in [0.1, 0.15) is 32.4 Å². The standard InChI is InChI=1S/C13H23N3/c1-4-16(5-2)11-10-15-12(3)13-6-8-14-9-7-13/h6-9,12,15H,4-5,10-11H2,1-3H3. The lowest BCUT2D eigenvalue weighted by atomic mass is 10.1. The van der Waals surface area contributed by atoms with Crippen molar-refractivity contribution in [1.29, 1.82) is 0 Å². The van der Waals surface area contributed by atoms with Crippen LogP contribution in [0.3, 0.4) is 0 Å². The number of nitrogens with zero attached hydrogens (tertiary/aromatic N) is 2. The van der Waals surface area contributed by atoms with E-state index in [0.29, 0.717) is 6.04 Å². The molecular weight excluding hydrogens is 198 g/mol. The van der Waals surface area contributed by atoms with E-state index >= 15 is 0 Å². The van der Waals surface area contributed by atoms with Crippen molar-refractivity contribution >= 4 is 0 Å². The lowest BCUT2D eigenvalue weighted by Crippen LogP contribution is -2.33. The summed E-state index contributed by atoms with van der Waals surface area (Å²) in [4.78, 5) is 6.45. The summed E-state index contributed by atoms with van der Waals surface area (Å²) in [6.45, 7) is 11.0. The fraction of sp³-hybridized carbons (Fsp3) is 0.615. The van der Waals surface area contributed by atoms with Gasteiger partial charge in [-0.1, -0.05) is 13.8 Å². The molecular formula is C13H23N3. The Morgan fingerprint density at radius 2 is 1.88 bits per heavy atom. The molecule has 0 aliphatic heterocycles. The Morgan fingerprint density at radius 3 is 2.44 bits per heavy atom. The Kier molecular flexibility index (Phi) is 6.04. The molecule has 1 aromatic heterocycles. The number of hydrogen-bond acceptors (Lipinski definition) is 3. The average Bonchev–Trinajstić information content (AvgIpc) is 2.35. The highest BCUT2D eigenvalue weighted by Gasteiger charge is 2.04. The SMILES string of the molecule is CCN(CC)CCNC(C)c1ccncc1. The zero-order valence-corrected chi connectivity index (χ0v) is 10.6. The van der Waals surface area contributed by atoms with Gasteiger partial charge in [0, 0.05) is 31.5 Å². The number of aromatic nitrogens is 1. The highest BCUT2D eigenvalue weighted by Crippen LogP contribution is 2.09. The van der Waals surface area contributed by atoms with Gasteiger partial charge in [0.05, 0.1) is 0 Å². The van der Waals surface area contributed by atoms with Gasteiger partial charge in [-0.3, -0.25) is 4.98 Å². The normalized spacial score (nSPS) is 13.0. The van der Waals surface area contributed by atoms with Crippen LogP contribution >= 0.6 is 0 Å². The molecule has 0 aromatic carbocycles. The summed E-state index contributed by atoms with van der Waals surface area (Å²) >= 11 is 0. The van der Waals surface area contributed by atoms with E-state index in [4.69, 9.17) is 0 Å². The van der Waals surface area contributed by atoms with Gasteiger partial charge in [0.2, 0.25) is 0 Å². The predicted molar refractivity (Wildman–Crippen MR) is 68.4 cm³/mol. The minimum Gasteiger partial charge on any atom is -0.309 e. The van der Waals surface area contributed by atoms with Crippen LogP contribution < -0.4 is 5.32 Å². The van der Waals surface area contributed by atoms with E-state index in [2.05, 4.69) is 48.1 Å². The van der Waals surface area contributed by atoms with Crippen molar-refractivity contribution in [1.82, 2.24) is 15.2 Å². The summed E-state index contributed by atoms with van der Waals surface area (Å²) in [6, 6.07) is 4.53. The Bertz CT molecular complexity index is 270. The molecule has 90 valence electrons. The lowest BCUT2D eigenvalue weighted by molar-refractivity contribution is 0.298. The third-order valence-electron chi connectivity index (χ3n) is 2.98. The molecule has 16 heavy (non-hydrogen) atoms. The molecule has 0 radical (unpaired) electrons. The Labute approximate surface area is 98.9 Å². The maximum atomic E-state index is 4.03. The van der Waals surface area contributed by atoms with Crippen molar-refractivity contribution in [2.75, 3.05) is 26.2 Å². The summed E-state index contributed by atoms with van der Waals surface area (Å²) in [5.41, 5.74) is 1.30. The number of likely N-dealkylation sites (N-methyl/N-ethyl adjacent to an activating group) is 1. The van der Waals surface area contributed by atoms with E-state index in [1.54, 1.807) is 0 Å². The largest absolute Gasteiger partial charge is 0.309 e. The molecule has 0 aliphatic rings. The summed E-state index contributed by atoms with van der Waals surface area (Å²) < 4.78 is 0. The van der Waals surface area contributed by atoms with Crippen LogP contribution in [0.5, 0.6) is 0 Å². The summed E-state index contributed by atoms with van der Waals surface area (Å²) in [6.07, 6.45) is 3.69. The van der Waals surface area contributed by atoms with Crippen molar-refractivity contribution in [3.63, 3.8) is 0 Å². The van der Waals surface area contributed by atoms with Crippen molar-refractivity contribution < 1.29 is 0 Å². The van der Waals surface area contributed by atoms with Gasteiger partial charge in [0.1, 0.15) is 0 Å². The van der Waals surface area contributed by atoms with Crippen LogP contribution in [0, 0.1) is 0 Å². The number of hydrogen-bond donors (Lipinski definition) is 1. The molecule has 0 fully saturated rings. The molecule has 1 rings (SSSR count). The maximum absolute atomic E-state index is 4.03. The van der Waals surface area contributed by atoms with E-state index in [1.165, 1.54) is 5.56 Å². The number of pyridine rings is 1. The zero-order chi connectivity index (χ0) is 11.8. The molecule has 1 aromatic rings. The first-order valence-electron chi connectivity index (χ1n) is 6.13. The van der Waals surface area contributed by atoms with Gasteiger partial charge in [0.25, 0.3) is 0 Å². The third kappa shape index (κ3) is 4.29. The minimum absolute atomic E-state index is 0.401.